The number of fused-ring (bicyclic) bond motifs is 1. The van der Waals surface area contributed by atoms with Gasteiger partial charge in [0.25, 0.3) is 0 Å². The fraction of sp³-hybridized carbons (Fsp3) is 0.118. The average Bonchev–Trinajstić information content (AvgIpc) is 2.98. The summed E-state index contributed by atoms with van der Waals surface area (Å²) in [6.07, 6.45) is 0. The summed E-state index contributed by atoms with van der Waals surface area (Å²) in [5.41, 5.74) is 2.76. The zero-order chi connectivity index (χ0) is 15.8. The molecule has 2 heterocycles. The van der Waals surface area contributed by atoms with Gasteiger partial charge in [0, 0.05) is 5.56 Å². The number of hydrogen-bond acceptors (Lipinski definition) is 4. The lowest BCUT2D eigenvalue weighted by Gasteiger charge is -2.19. The van der Waals surface area contributed by atoms with Crippen LogP contribution in [-0.4, -0.2) is 25.8 Å². The Balaban J connectivity index is 1.83. The Morgan fingerprint density at radius 2 is 1.70 bits per heavy atom. The number of thioether (sulfide) groups is 1. The van der Waals surface area contributed by atoms with Gasteiger partial charge in [-0.25, -0.2) is 4.39 Å². The molecule has 0 N–H and O–H groups in total. The van der Waals surface area contributed by atoms with Gasteiger partial charge in [-0.2, -0.15) is 9.78 Å². The molecular formula is C17H13FN4S. The molecule has 0 amide bonds. The van der Waals surface area contributed by atoms with Crippen molar-refractivity contribution in [2.75, 3.05) is 0 Å². The van der Waals surface area contributed by atoms with Crippen molar-refractivity contribution < 1.29 is 4.39 Å². The van der Waals surface area contributed by atoms with Gasteiger partial charge in [0.1, 0.15) is 5.82 Å². The van der Waals surface area contributed by atoms with E-state index in [1.165, 1.54) is 12.1 Å². The molecule has 1 atom stereocenters. The van der Waals surface area contributed by atoms with E-state index in [0.717, 1.165) is 22.0 Å². The van der Waals surface area contributed by atoms with Crippen LogP contribution in [0.2, 0.25) is 0 Å². The van der Waals surface area contributed by atoms with Gasteiger partial charge >= 0.3 is 0 Å². The van der Waals surface area contributed by atoms with Gasteiger partial charge in [0.05, 0.1) is 11.0 Å². The number of aromatic nitrogens is 3. The molecule has 0 spiro atoms. The predicted octanol–water partition coefficient (Wildman–Crippen LogP) is 3.83. The Morgan fingerprint density at radius 3 is 2.43 bits per heavy atom. The normalized spacial score (nSPS) is 16.8. The molecule has 6 heteroatoms. The minimum absolute atomic E-state index is 0.126. The van der Waals surface area contributed by atoms with Crippen LogP contribution in [0.25, 0.3) is 11.4 Å². The highest BCUT2D eigenvalue weighted by atomic mass is 32.2. The lowest BCUT2D eigenvalue weighted by Crippen LogP contribution is -2.21. The maximum atomic E-state index is 13.2. The summed E-state index contributed by atoms with van der Waals surface area (Å²) in [7, 11) is 0. The molecule has 0 saturated carbocycles. The highest BCUT2D eigenvalue weighted by Gasteiger charge is 2.26. The summed E-state index contributed by atoms with van der Waals surface area (Å²) in [5, 5.41) is 14.1. The topological polar surface area (TPSA) is 43.1 Å². The van der Waals surface area contributed by atoms with E-state index in [-0.39, 0.29) is 11.1 Å². The van der Waals surface area contributed by atoms with Gasteiger partial charge in [0.15, 0.2) is 5.82 Å². The van der Waals surface area contributed by atoms with Crippen molar-refractivity contribution in [3.63, 3.8) is 0 Å². The van der Waals surface area contributed by atoms with Crippen molar-refractivity contribution in [2.45, 2.75) is 17.3 Å². The van der Waals surface area contributed by atoms with Gasteiger partial charge in [0.2, 0.25) is 5.16 Å². The van der Waals surface area contributed by atoms with E-state index >= 15 is 0 Å². The Morgan fingerprint density at radius 1 is 0.957 bits per heavy atom. The van der Waals surface area contributed by atoms with Gasteiger partial charge in [-0.1, -0.05) is 54.2 Å². The Kier molecular flexibility index (Phi) is 3.46. The fourth-order valence-electron chi connectivity index (χ4n) is 2.51. The van der Waals surface area contributed by atoms with E-state index in [0.29, 0.717) is 5.82 Å². The molecule has 1 unspecified atom stereocenters. The third-order valence-electron chi connectivity index (χ3n) is 3.66. The van der Waals surface area contributed by atoms with Crippen molar-refractivity contribution in [1.82, 2.24) is 14.9 Å². The lowest BCUT2D eigenvalue weighted by molar-refractivity contribution is 0.627. The standard InChI is InChI=1S/C17H13FN4S/c1-11-15(12-7-9-14(18)10-8-12)21-22-16(19-20-17(22)23-11)13-5-3-2-4-6-13/h2-11H,1H3. The van der Waals surface area contributed by atoms with Crippen molar-refractivity contribution in [1.29, 1.82) is 0 Å². The Labute approximate surface area is 137 Å². The maximum Gasteiger partial charge on any atom is 0.213 e. The number of benzene rings is 2. The van der Waals surface area contributed by atoms with Crippen LogP contribution in [0.4, 0.5) is 4.39 Å². The molecule has 2 aromatic carbocycles. The van der Waals surface area contributed by atoms with E-state index in [1.807, 2.05) is 30.3 Å². The summed E-state index contributed by atoms with van der Waals surface area (Å²) in [6.45, 7) is 2.06. The summed E-state index contributed by atoms with van der Waals surface area (Å²) in [4.78, 5) is 0. The van der Waals surface area contributed by atoms with Crippen LogP contribution < -0.4 is 0 Å². The van der Waals surface area contributed by atoms with E-state index in [9.17, 15) is 4.39 Å². The number of nitrogens with zero attached hydrogens (tertiary/aromatic N) is 4. The molecule has 114 valence electrons. The first-order valence-corrected chi connectivity index (χ1v) is 8.12. The summed E-state index contributed by atoms with van der Waals surface area (Å²) >= 11 is 1.60. The van der Waals surface area contributed by atoms with Gasteiger partial charge in [-0.05, 0) is 24.6 Å². The first kappa shape index (κ1) is 14.1. The largest absolute Gasteiger partial charge is 0.213 e. The third kappa shape index (κ3) is 2.55. The SMILES string of the molecule is CC1Sc2nnc(-c3ccccc3)n2N=C1c1ccc(F)cc1. The average molecular weight is 324 g/mol. The number of hydrogen-bond donors (Lipinski definition) is 0. The highest BCUT2D eigenvalue weighted by Crippen LogP contribution is 2.32. The van der Waals surface area contributed by atoms with Crippen LogP contribution in [0, 0.1) is 5.82 Å². The molecule has 1 aromatic heterocycles. The van der Waals surface area contributed by atoms with Gasteiger partial charge in [-0.3, -0.25) is 0 Å². The molecule has 0 fully saturated rings. The number of rotatable bonds is 2. The molecule has 0 radical (unpaired) electrons. The molecule has 0 bridgehead atoms. The molecule has 1 aliphatic heterocycles. The molecule has 0 aliphatic carbocycles. The summed E-state index contributed by atoms with van der Waals surface area (Å²) in [6, 6.07) is 16.2. The molecule has 4 nitrogen and oxygen atoms in total. The second kappa shape index (κ2) is 5.62. The van der Waals surface area contributed by atoms with Crippen molar-refractivity contribution >= 4 is 17.5 Å². The van der Waals surface area contributed by atoms with Crippen LogP contribution in [0.15, 0.2) is 64.9 Å². The fourth-order valence-corrected chi connectivity index (χ4v) is 3.44. The lowest BCUT2D eigenvalue weighted by atomic mass is 10.1. The van der Waals surface area contributed by atoms with Gasteiger partial charge < -0.3 is 0 Å². The molecule has 1 aliphatic rings. The zero-order valence-electron chi connectivity index (χ0n) is 12.3. The highest BCUT2D eigenvalue weighted by molar-refractivity contribution is 8.00. The van der Waals surface area contributed by atoms with Crippen LogP contribution in [0.3, 0.4) is 0 Å². The molecule has 0 saturated heterocycles. The number of halogens is 1. The van der Waals surface area contributed by atoms with E-state index < -0.39 is 0 Å². The molecule has 23 heavy (non-hydrogen) atoms. The van der Waals surface area contributed by atoms with E-state index in [2.05, 4.69) is 17.1 Å². The van der Waals surface area contributed by atoms with Gasteiger partial charge in [-0.15, -0.1) is 10.2 Å². The first-order chi connectivity index (χ1) is 11.2. The second-order valence-corrected chi connectivity index (χ2v) is 6.54. The van der Waals surface area contributed by atoms with Crippen LogP contribution in [-0.2, 0) is 0 Å². The van der Waals surface area contributed by atoms with E-state index in [4.69, 9.17) is 5.10 Å². The van der Waals surface area contributed by atoms with Crippen LogP contribution in [0.5, 0.6) is 0 Å². The molecular weight excluding hydrogens is 311 g/mol. The molecule has 3 aromatic rings. The maximum absolute atomic E-state index is 13.2. The monoisotopic (exact) mass is 324 g/mol. The van der Waals surface area contributed by atoms with Crippen molar-refractivity contribution in [3.05, 3.63) is 66.0 Å². The van der Waals surface area contributed by atoms with Crippen LogP contribution in [0.1, 0.15) is 12.5 Å². The summed E-state index contributed by atoms with van der Waals surface area (Å²) in [5.74, 6) is 0.458. The minimum atomic E-state index is -0.250. The zero-order valence-corrected chi connectivity index (χ0v) is 13.2. The van der Waals surface area contributed by atoms with Crippen molar-refractivity contribution in [3.8, 4) is 11.4 Å². The smallest absolute Gasteiger partial charge is 0.207 e. The summed E-state index contributed by atoms with van der Waals surface area (Å²) < 4.78 is 14.9. The van der Waals surface area contributed by atoms with Crippen molar-refractivity contribution in [2.24, 2.45) is 5.10 Å². The quantitative estimate of drug-likeness (QED) is 0.719. The molecule has 4 rings (SSSR count). The second-order valence-electron chi connectivity index (χ2n) is 5.24. The predicted molar refractivity (Wildman–Crippen MR) is 89.1 cm³/mol. The van der Waals surface area contributed by atoms with Crippen LogP contribution >= 0.6 is 11.8 Å². The first-order valence-electron chi connectivity index (χ1n) is 7.24. The van der Waals surface area contributed by atoms with E-state index in [1.54, 1.807) is 28.6 Å². The minimum Gasteiger partial charge on any atom is -0.207 e. The Bertz CT molecular complexity index is 871. The third-order valence-corrected chi connectivity index (χ3v) is 4.70. The Hall–Kier alpha value is -2.47.